The van der Waals surface area contributed by atoms with Gasteiger partial charge in [-0.05, 0) is 31.5 Å². The zero-order valence-electron chi connectivity index (χ0n) is 14.4. The maximum atomic E-state index is 12.7. The highest BCUT2D eigenvalue weighted by Gasteiger charge is 2.32. The number of carbonyl (C=O) groups excluding carboxylic acids is 1. The van der Waals surface area contributed by atoms with E-state index in [4.69, 9.17) is 0 Å². The predicted molar refractivity (Wildman–Crippen MR) is 92.0 cm³/mol. The number of likely N-dealkylation sites (N-methyl/N-ethyl adjacent to an activating group) is 1. The van der Waals surface area contributed by atoms with Gasteiger partial charge in [-0.2, -0.15) is 0 Å². The molecule has 1 heterocycles. The second kappa shape index (κ2) is 10.4. The van der Waals surface area contributed by atoms with Gasteiger partial charge in [0.05, 0.1) is 5.92 Å². The summed E-state index contributed by atoms with van der Waals surface area (Å²) < 4.78 is 0. The number of amides is 1. The van der Waals surface area contributed by atoms with Gasteiger partial charge in [-0.15, -0.1) is 12.4 Å². The first-order valence-corrected chi connectivity index (χ1v) is 8.21. The van der Waals surface area contributed by atoms with Crippen LogP contribution < -0.4 is 5.32 Å². The summed E-state index contributed by atoms with van der Waals surface area (Å²) in [6.45, 7) is 17.6. The number of nitrogens with zero attached hydrogens (tertiary/aromatic N) is 2. The molecule has 1 aliphatic rings. The monoisotopic (exact) mass is 319 g/mol. The first-order valence-electron chi connectivity index (χ1n) is 8.21. The molecule has 1 fully saturated rings. The largest absolute Gasteiger partial charge is 0.341 e. The Morgan fingerprint density at radius 1 is 1.19 bits per heavy atom. The van der Waals surface area contributed by atoms with Gasteiger partial charge in [-0.1, -0.05) is 34.6 Å². The third-order valence-corrected chi connectivity index (χ3v) is 4.31. The number of hydrogen-bond donors (Lipinski definition) is 1. The van der Waals surface area contributed by atoms with Gasteiger partial charge in [0.1, 0.15) is 0 Å². The van der Waals surface area contributed by atoms with E-state index in [0.717, 1.165) is 45.8 Å². The minimum absolute atomic E-state index is 0. The number of rotatable bonds is 8. The van der Waals surface area contributed by atoms with Crippen molar-refractivity contribution in [2.24, 2.45) is 17.8 Å². The Labute approximate surface area is 137 Å². The van der Waals surface area contributed by atoms with E-state index in [1.54, 1.807) is 0 Å². The first kappa shape index (κ1) is 20.7. The van der Waals surface area contributed by atoms with Crippen LogP contribution in [0.1, 0.15) is 34.6 Å². The average Bonchev–Trinajstić information content (AvgIpc) is 2.83. The summed E-state index contributed by atoms with van der Waals surface area (Å²) in [6, 6.07) is 0. The molecule has 1 amide bonds. The van der Waals surface area contributed by atoms with Gasteiger partial charge in [-0.3, -0.25) is 4.79 Å². The maximum Gasteiger partial charge on any atom is 0.227 e. The van der Waals surface area contributed by atoms with Crippen LogP contribution in [0, 0.1) is 17.8 Å². The fourth-order valence-corrected chi connectivity index (χ4v) is 2.91. The SMILES string of the molecule is CCN(CC)CCN(CC(C)C)C(=O)[C@@H]1CNC[C@H]1C.Cl. The van der Waals surface area contributed by atoms with Crippen molar-refractivity contribution in [3.05, 3.63) is 0 Å². The molecule has 21 heavy (non-hydrogen) atoms. The topological polar surface area (TPSA) is 35.6 Å². The Hall–Kier alpha value is -0.320. The number of nitrogens with one attached hydrogen (secondary N) is 1. The molecular weight excluding hydrogens is 286 g/mol. The molecule has 0 aromatic rings. The van der Waals surface area contributed by atoms with Crippen molar-refractivity contribution < 1.29 is 4.79 Å². The smallest absolute Gasteiger partial charge is 0.227 e. The van der Waals surface area contributed by atoms with E-state index in [1.807, 2.05) is 0 Å². The number of carbonyl (C=O) groups is 1. The van der Waals surface area contributed by atoms with Crippen LogP contribution in [0.4, 0.5) is 0 Å². The Kier molecular flexibility index (Phi) is 10.3. The lowest BCUT2D eigenvalue weighted by Crippen LogP contribution is -2.44. The van der Waals surface area contributed by atoms with E-state index in [9.17, 15) is 4.79 Å². The van der Waals surface area contributed by atoms with Crippen LogP contribution in [0.25, 0.3) is 0 Å². The second-order valence-corrected chi connectivity index (χ2v) is 6.45. The third-order valence-electron chi connectivity index (χ3n) is 4.31. The van der Waals surface area contributed by atoms with E-state index in [1.165, 1.54) is 0 Å². The van der Waals surface area contributed by atoms with E-state index >= 15 is 0 Å². The molecule has 1 rings (SSSR count). The van der Waals surface area contributed by atoms with Crippen molar-refractivity contribution in [3.63, 3.8) is 0 Å². The Morgan fingerprint density at radius 3 is 2.24 bits per heavy atom. The van der Waals surface area contributed by atoms with E-state index in [-0.39, 0.29) is 18.3 Å². The van der Waals surface area contributed by atoms with Crippen molar-refractivity contribution in [3.8, 4) is 0 Å². The van der Waals surface area contributed by atoms with Crippen LogP contribution in [-0.2, 0) is 4.79 Å². The van der Waals surface area contributed by atoms with Gasteiger partial charge in [-0.25, -0.2) is 0 Å². The summed E-state index contributed by atoms with van der Waals surface area (Å²) in [5.41, 5.74) is 0. The zero-order valence-corrected chi connectivity index (χ0v) is 15.2. The average molecular weight is 320 g/mol. The molecule has 0 spiro atoms. The third kappa shape index (κ3) is 6.54. The Balaban J connectivity index is 0.00000400. The van der Waals surface area contributed by atoms with Crippen LogP contribution >= 0.6 is 12.4 Å². The predicted octanol–water partition coefficient (Wildman–Crippen LogP) is 2.09. The van der Waals surface area contributed by atoms with E-state index in [0.29, 0.717) is 17.7 Å². The van der Waals surface area contributed by atoms with Crippen LogP contribution in [0.5, 0.6) is 0 Å². The molecule has 1 N–H and O–H groups in total. The van der Waals surface area contributed by atoms with Gasteiger partial charge in [0.15, 0.2) is 0 Å². The fourth-order valence-electron chi connectivity index (χ4n) is 2.91. The summed E-state index contributed by atoms with van der Waals surface area (Å²) in [5, 5.41) is 3.34. The highest BCUT2D eigenvalue weighted by atomic mass is 35.5. The van der Waals surface area contributed by atoms with Crippen LogP contribution in [0.2, 0.25) is 0 Å². The van der Waals surface area contributed by atoms with Crippen molar-refractivity contribution in [2.45, 2.75) is 34.6 Å². The molecule has 0 saturated carbocycles. The van der Waals surface area contributed by atoms with Crippen molar-refractivity contribution in [1.29, 1.82) is 0 Å². The molecule has 2 atom stereocenters. The second-order valence-electron chi connectivity index (χ2n) is 6.45. The van der Waals surface area contributed by atoms with Crippen LogP contribution in [0.3, 0.4) is 0 Å². The first-order chi connectivity index (χ1) is 9.49. The van der Waals surface area contributed by atoms with Crippen molar-refractivity contribution in [2.75, 3.05) is 45.8 Å². The number of halogens is 1. The molecule has 0 aromatic heterocycles. The van der Waals surface area contributed by atoms with E-state index in [2.05, 4.69) is 49.7 Å². The standard InChI is InChI=1S/C16H33N3O.ClH/c1-6-18(7-2)8-9-19(12-13(3)4)16(20)15-11-17-10-14(15)5;/h13-15,17H,6-12H2,1-5H3;1H/t14-,15-;/m1./s1. The van der Waals surface area contributed by atoms with Gasteiger partial charge in [0.25, 0.3) is 0 Å². The molecule has 4 nitrogen and oxygen atoms in total. The van der Waals surface area contributed by atoms with E-state index < -0.39 is 0 Å². The highest BCUT2D eigenvalue weighted by molar-refractivity contribution is 5.85. The minimum atomic E-state index is 0. The quantitative estimate of drug-likeness (QED) is 0.744. The lowest BCUT2D eigenvalue weighted by atomic mass is 9.96. The highest BCUT2D eigenvalue weighted by Crippen LogP contribution is 2.19. The number of hydrogen-bond acceptors (Lipinski definition) is 3. The molecule has 1 aliphatic heterocycles. The summed E-state index contributed by atoms with van der Waals surface area (Å²) in [4.78, 5) is 17.2. The molecule has 0 aromatic carbocycles. The minimum Gasteiger partial charge on any atom is -0.341 e. The van der Waals surface area contributed by atoms with Crippen molar-refractivity contribution in [1.82, 2.24) is 15.1 Å². The Bertz CT molecular complexity index is 295. The molecule has 0 bridgehead atoms. The summed E-state index contributed by atoms with van der Waals surface area (Å²) >= 11 is 0. The van der Waals surface area contributed by atoms with Crippen LogP contribution in [0.15, 0.2) is 0 Å². The normalized spacial score (nSPS) is 21.7. The van der Waals surface area contributed by atoms with Gasteiger partial charge in [0.2, 0.25) is 5.91 Å². The van der Waals surface area contributed by atoms with Gasteiger partial charge < -0.3 is 15.1 Å². The molecular formula is C16H34ClN3O. The molecule has 0 radical (unpaired) electrons. The molecule has 126 valence electrons. The fraction of sp³-hybridized carbons (Fsp3) is 0.938. The summed E-state index contributed by atoms with van der Waals surface area (Å²) in [5.74, 6) is 1.51. The molecule has 0 aliphatic carbocycles. The Morgan fingerprint density at radius 2 is 1.81 bits per heavy atom. The van der Waals surface area contributed by atoms with Gasteiger partial charge in [0, 0.05) is 26.2 Å². The van der Waals surface area contributed by atoms with Crippen LogP contribution in [-0.4, -0.2) is 61.5 Å². The summed E-state index contributed by atoms with van der Waals surface area (Å²) in [6.07, 6.45) is 0. The molecule has 5 heteroatoms. The lowest BCUT2D eigenvalue weighted by molar-refractivity contribution is -0.136. The maximum absolute atomic E-state index is 12.7. The van der Waals surface area contributed by atoms with Crippen molar-refractivity contribution >= 4 is 18.3 Å². The lowest BCUT2D eigenvalue weighted by Gasteiger charge is -2.30. The molecule has 1 saturated heterocycles. The molecule has 0 unspecified atom stereocenters. The summed E-state index contributed by atoms with van der Waals surface area (Å²) in [7, 11) is 0. The van der Waals surface area contributed by atoms with Gasteiger partial charge >= 0.3 is 0 Å². The zero-order chi connectivity index (χ0) is 15.1.